The Morgan fingerprint density at radius 1 is 0.917 bits per heavy atom. The van der Waals surface area contributed by atoms with Gasteiger partial charge in [0.15, 0.2) is 0 Å². The van der Waals surface area contributed by atoms with Gasteiger partial charge in [0.05, 0.1) is 11.4 Å². The van der Waals surface area contributed by atoms with Gasteiger partial charge in [-0.2, -0.15) is 16.8 Å². The quantitative estimate of drug-likeness (QED) is 0.520. The highest BCUT2D eigenvalue weighted by atomic mass is 32.2. The second-order valence-electron chi connectivity index (χ2n) is 4.77. The Hall–Kier alpha value is -2.14. The van der Waals surface area contributed by atoms with Gasteiger partial charge in [0.25, 0.3) is 20.2 Å². The summed E-state index contributed by atoms with van der Waals surface area (Å²) < 4.78 is 64.8. The summed E-state index contributed by atoms with van der Waals surface area (Å²) in [5.41, 5.74) is 3.26. The fourth-order valence-corrected chi connectivity index (χ4v) is 4.09. The molecule has 2 aromatic carbocycles. The van der Waals surface area contributed by atoms with Crippen LogP contribution in [0.3, 0.4) is 0 Å². The van der Waals surface area contributed by atoms with E-state index >= 15 is 0 Å². The summed E-state index contributed by atoms with van der Waals surface area (Å²) in [7, 11) is -9.76. The third kappa shape index (κ3) is 4.03. The molecule has 130 valence electrons. The highest BCUT2D eigenvalue weighted by molar-refractivity contribution is 7.89. The molecule has 0 aliphatic heterocycles. The van der Waals surface area contributed by atoms with Gasteiger partial charge in [-0.05, 0) is 31.2 Å². The Bertz CT molecular complexity index is 927. The van der Waals surface area contributed by atoms with Crippen molar-refractivity contribution in [2.75, 3.05) is 17.0 Å². The van der Waals surface area contributed by atoms with Crippen molar-refractivity contribution in [1.29, 1.82) is 0 Å². The molecule has 10 heteroatoms. The van der Waals surface area contributed by atoms with Crippen LogP contribution in [0.15, 0.2) is 58.3 Å². The predicted molar refractivity (Wildman–Crippen MR) is 89.2 cm³/mol. The zero-order chi connectivity index (χ0) is 18.0. The van der Waals surface area contributed by atoms with Gasteiger partial charge in [0, 0.05) is 6.54 Å². The second-order valence-corrected chi connectivity index (χ2v) is 7.52. The zero-order valence-electron chi connectivity index (χ0n) is 12.6. The molecule has 24 heavy (non-hydrogen) atoms. The van der Waals surface area contributed by atoms with Crippen molar-refractivity contribution >= 4 is 31.6 Å². The van der Waals surface area contributed by atoms with E-state index in [1.807, 2.05) is 0 Å². The van der Waals surface area contributed by atoms with Crippen LogP contribution in [0, 0.1) is 0 Å². The number of rotatable bonds is 6. The van der Waals surface area contributed by atoms with Crippen molar-refractivity contribution in [2.45, 2.75) is 16.7 Å². The molecule has 0 radical (unpaired) electrons. The average Bonchev–Trinajstić information content (AvgIpc) is 2.51. The molecule has 0 aromatic heterocycles. The molecule has 0 fully saturated rings. The normalized spacial score (nSPS) is 12.0. The van der Waals surface area contributed by atoms with Crippen LogP contribution in [0.1, 0.15) is 6.92 Å². The van der Waals surface area contributed by atoms with Gasteiger partial charge in [0.2, 0.25) is 0 Å². The van der Waals surface area contributed by atoms with Gasteiger partial charge in [-0.15, -0.1) is 0 Å². The monoisotopic (exact) mass is 372 g/mol. The molecule has 8 nitrogen and oxygen atoms in total. The maximum atomic E-state index is 11.6. The van der Waals surface area contributed by atoms with Crippen molar-refractivity contribution < 1.29 is 25.9 Å². The Morgan fingerprint density at radius 3 is 2.04 bits per heavy atom. The van der Waals surface area contributed by atoms with E-state index in [0.717, 1.165) is 6.07 Å². The molecule has 0 spiro atoms. The lowest BCUT2D eigenvalue weighted by Gasteiger charge is -2.26. The highest BCUT2D eigenvalue weighted by Crippen LogP contribution is 2.30. The summed E-state index contributed by atoms with van der Waals surface area (Å²) in [5.74, 6) is 0. The minimum absolute atomic E-state index is 0.182. The first kappa shape index (κ1) is 18.2. The lowest BCUT2D eigenvalue weighted by Crippen LogP contribution is -2.30. The van der Waals surface area contributed by atoms with E-state index in [0.29, 0.717) is 12.2 Å². The van der Waals surface area contributed by atoms with E-state index < -0.39 is 30.0 Å². The van der Waals surface area contributed by atoms with E-state index in [2.05, 4.69) is 5.43 Å². The van der Waals surface area contributed by atoms with E-state index in [4.69, 9.17) is 0 Å². The maximum absolute atomic E-state index is 11.6. The summed E-state index contributed by atoms with van der Waals surface area (Å²) in [4.78, 5) is -1.82. The first-order valence-electron chi connectivity index (χ1n) is 6.82. The van der Waals surface area contributed by atoms with Crippen LogP contribution in [0.4, 0.5) is 11.4 Å². The Kier molecular flexibility index (Phi) is 5.13. The number of benzene rings is 2. The Labute approximate surface area is 140 Å². The first-order valence-corrected chi connectivity index (χ1v) is 9.70. The van der Waals surface area contributed by atoms with Crippen molar-refractivity contribution in [2.24, 2.45) is 0 Å². The highest BCUT2D eigenvalue weighted by Gasteiger charge is 2.27. The summed E-state index contributed by atoms with van der Waals surface area (Å²) in [6, 6.07) is 12.3. The average molecular weight is 372 g/mol. The number of anilines is 2. The second kappa shape index (κ2) is 6.77. The van der Waals surface area contributed by atoms with Crippen LogP contribution in [0.2, 0.25) is 0 Å². The van der Waals surface area contributed by atoms with Gasteiger partial charge < -0.3 is 0 Å². The van der Waals surface area contributed by atoms with Crippen LogP contribution in [-0.2, 0) is 20.2 Å². The number of nitrogens with one attached hydrogen (secondary N) is 1. The number of nitrogens with zero attached hydrogens (tertiary/aromatic N) is 1. The molecule has 0 unspecified atom stereocenters. The van der Waals surface area contributed by atoms with Crippen LogP contribution in [0.5, 0.6) is 0 Å². The van der Waals surface area contributed by atoms with Crippen LogP contribution >= 0.6 is 0 Å². The predicted octanol–water partition coefficient (Wildman–Crippen LogP) is 2.03. The molecular weight excluding hydrogens is 356 g/mol. The first-order chi connectivity index (χ1) is 11.1. The van der Waals surface area contributed by atoms with Crippen LogP contribution in [0.25, 0.3) is 0 Å². The standard InChI is InChI=1S/C14H16N2O6S2/c1-2-16(11-7-4-3-5-8-11)15-12-9-6-10-13(23(17,18)19)14(12)24(20,21)22/h3-10,15H,2H2,1H3,(H,17,18,19)(H,20,21,22). The number of hydrogen-bond donors (Lipinski definition) is 3. The minimum Gasteiger partial charge on any atom is -0.297 e. The van der Waals surface area contributed by atoms with Crippen molar-refractivity contribution in [3.8, 4) is 0 Å². The molecule has 0 atom stereocenters. The van der Waals surface area contributed by atoms with Crippen molar-refractivity contribution in [3.63, 3.8) is 0 Å². The summed E-state index contributed by atoms with van der Waals surface area (Å²) in [5, 5.41) is 1.55. The van der Waals surface area contributed by atoms with Gasteiger partial charge in [0.1, 0.15) is 9.79 Å². The zero-order valence-corrected chi connectivity index (χ0v) is 14.3. The largest absolute Gasteiger partial charge is 0.298 e. The maximum Gasteiger partial charge on any atom is 0.298 e. The molecule has 2 rings (SSSR count). The summed E-state index contributed by atoms with van der Waals surface area (Å²) in [6.07, 6.45) is 0. The number of para-hydroxylation sites is 1. The number of hydrazine groups is 1. The molecule has 0 bridgehead atoms. The fourth-order valence-electron chi connectivity index (χ4n) is 2.15. The van der Waals surface area contributed by atoms with Gasteiger partial charge in [-0.25, -0.2) is 0 Å². The topological polar surface area (TPSA) is 124 Å². The molecule has 2 aromatic rings. The molecule has 0 aliphatic carbocycles. The molecular formula is C14H16N2O6S2. The fraction of sp³-hybridized carbons (Fsp3) is 0.143. The molecule has 0 saturated carbocycles. The van der Waals surface area contributed by atoms with Crippen LogP contribution < -0.4 is 10.4 Å². The van der Waals surface area contributed by atoms with Crippen molar-refractivity contribution in [1.82, 2.24) is 0 Å². The van der Waals surface area contributed by atoms with E-state index in [9.17, 15) is 25.9 Å². The SMILES string of the molecule is CCN(Nc1cccc(S(=O)(=O)O)c1S(=O)(=O)O)c1ccccc1. The number of hydrogen-bond acceptors (Lipinski definition) is 6. The summed E-state index contributed by atoms with van der Waals surface area (Å²) >= 11 is 0. The molecule has 0 aliphatic rings. The molecule has 0 heterocycles. The molecule has 0 amide bonds. The third-order valence-corrected chi connectivity index (χ3v) is 5.14. The summed E-state index contributed by atoms with van der Waals surface area (Å²) in [6.45, 7) is 2.20. The van der Waals surface area contributed by atoms with E-state index in [1.54, 1.807) is 42.3 Å². The van der Waals surface area contributed by atoms with E-state index in [1.165, 1.54) is 12.1 Å². The lowest BCUT2D eigenvalue weighted by molar-refractivity contribution is 0.467. The lowest BCUT2D eigenvalue weighted by atomic mass is 10.3. The van der Waals surface area contributed by atoms with E-state index in [-0.39, 0.29) is 5.69 Å². The Morgan fingerprint density at radius 2 is 1.54 bits per heavy atom. The van der Waals surface area contributed by atoms with Gasteiger partial charge >= 0.3 is 0 Å². The molecule has 0 saturated heterocycles. The Balaban J connectivity index is 2.59. The van der Waals surface area contributed by atoms with Crippen molar-refractivity contribution in [3.05, 3.63) is 48.5 Å². The smallest absolute Gasteiger partial charge is 0.297 e. The van der Waals surface area contributed by atoms with Gasteiger partial charge in [-0.1, -0.05) is 24.3 Å². The van der Waals surface area contributed by atoms with Crippen LogP contribution in [-0.4, -0.2) is 32.5 Å². The molecule has 3 N–H and O–H groups in total. The van der Waals surface area contributed by atoms with Gasteiger partial charge in [-0.3, -0.25) is 19.5 Å². The minimum atomic E-state index is -4.91. The third-order valence-electron chi connectivity index (χ3n) is 3.15.